The Labute approximate surface area is 148 Å². The predicted octanol–water partition coefficient (Wildman–Crippen LogP) is 2.25. The molecule has 1 heterocycles. The number of amides is 1. The average molecular weight is 365 g/mol. The Balaban J connectivity index is 1.55. The molecule has 0 aliphatic carbocycles. The van der Waals surface area contributed by atoms with E-state index in [9.17, 15) is 9.59 Å². The van der Waals surface area contributed by atoms with E-state index in [1.165, 1.54) is 23.5 Å². The van der Waals surface area contributed by atoms with E-state index in [2.05, 4.69) is 20.9 Å². The molecule has 9 heteroatoms. The molecule has 0 radical (unpaired) electrons. The van der Waals surface area contributed by atoms with E-state index < -0.39 is 0 Å². The van der Waals surface area contributed by atoms with Crippen molar-refractivity contribution in [3.63, 3.8) is 0 Å². The summed E-state index contributed by atoms with van der Waals surface area (Å²) in [5.74, 6) is 1.06. The number of carbonyl (C=O) groups is 2. The van der Waals surface area contributed by atoms with Gasteiger partial charge in [0.1, 0.15) is 5.88 Å². The Kier molecular flexibility index (Phi) is 7.63. The number of azo groups is 1. The van der Waals surface area contributed by atoms with Crippen LogP contribution in [0.5, 0.6) is 0 Å². The second-order valence-corrected chi connectivity index (χ2v) is 6.85. The first-order valence-electron chi connectivity index (χ1n) is 7.34. The van der Waals surface area contributed by atoms with Gasteiger partial charge in [-0.3, -0.25) is 9.59 Å². The van der Waals surface area contributed by atoms with Crippen molar-refractivity contribution in [1.82, 2.24) is 10.6 Å². The SMILES string of the molecule is Nc1ccc(/N=N/CS/C=C\NCC(=O)NC2CCSC2=O)cc1. The normalized spacial score (nSPS) is 17.7. The number of nitrogen functional groups attached to an aromatic ring is 1. The van der Waals surface area contributed by atoms with Gasteiger partial charge >= 0.3 is 0 Å². The number of thioether (sulfide) groups is 2. The van der Waals surface area contributed by atoms with E-state index in [-0.39, 0.29) is 23.6 Å². The molecule has 1 aromatic rings. The van der Waals surface area contributed by atoms with Crippen molar-refractivity contribution in [1.29, 1.82) is 0 Å². The van der Waals surface area contributed by atoms with Crippen molar-refractivity contribution < 1.29 is 9.59 Å². The summed E-state index contributed by atoms with van der Waals surface area (Å²) in [6.45, 7) is 0.137. The summed E-state index contributed by atoms with van der Waals surface area (Å²) in [5.41, 5.74) is 7.03. The fraction of sp³-hybridized carbons (Fsp3) is 0.333. The van der Waals surface area contributed by atoms with Gasteiger partial charge in [-0.05, 0) is 36.1 Å². The maximum absolute atomic E-state index is 11.6. The number of nitrogens with zero attached hydrogens (tertiary/aromatic N) is 2. The number of rotatable bonds is 8. The van der Waals surface area contributed by atoms with E-state index in [0.29, 0.717) is 18.0 Å². The Morgan fingerprint density at radius 2 is 2.21 bits per heavy atom. The van der Waals surface area contributed by atoms with Crippen molar-refractivity contribution in [2.45, 2.75) is 12.5 Å². The number of hydrogen-bond acceptors (Lipinski definition) is 8. The molecule has 1 atom stereocenters. The maximum atomic E-state index is 11.6. The molecule has 0 spiro atoms. The molecular formula is C15H19N5O2S2. The molecule has 1 aliphatic rings. The summed E-state index contributed by atoms with van der Waals surface area (Å²) < 4.78 is 0. The third-order valence-corrected chi connectivity index (χ3v) is 4.63. The van der Waals surface area contributed by atoms with Gasteiger partial charge in [0.2, 0.25) is 11.0 Å². The molecule has 1 fully saturated rings. The van der Waals surface area contributed by atoms with Gasteiger partial charge in [-0.1, -0.05) is 11.8 Å². The lowest BCUT2D eigenvalue weighted by atomic mass is 10.2. The summed E-state index contributed by atoms with van der Waals surface area (Å²) in [5, 5.41) is 15.5. The lowest BCUT2D eigenvalue weighted by molar-refractivity contribution is -0.123. The third kappa shape index (κ3) is 6.63. The third-order valence-electron chi connectivity index (χ3n) is 3.03. The van der Waals surface area contributed by atoms with Crippen molar-refractivity contribution in [2.24, 2.45) is 10.2 Å². The van der Waals surface area contributed by atoms with Gasteiger partial charge in [0.05, 0.1) is 18.3 Å². The van der Waals surface area contributed by atoms with Crippen LogP contribution in [0.3, 0.4) is 0 Å². The van der Waals surface area contributed by atoms with E-state index in [4.69, 9.17) is 5.73 Å². The highest BCUT2D eigenvalue weighted by molar-refractivity contribution is 8.14. The number of hydrogen-bond donors (Lipinski definition) is 3. The second-order valence-electron chi connectivity index (χ2n) is 4.89. The topological polar surface area (TPSA) is 109 Å². The highest BCUT2D eigenvalue weighted by Crippen LogP contribution is 2.19. The highest BCUT2D eigenvalue weighted by Gasteiger charge is 2.26. The van der Waals surface area contributed by atoms with Crippen LogP contribution in [-0.2, 0) is 9.59 Å². The van der Waals surface area contributed by atoms with Crippen LogP contribution in [-0.4, -0.2) is 35.2 Å². The highest BCUT2D eigenvalue weighted by atomic mass is 32.2. The van der Waals surface area contributed by atoms with Gasteiger partial charge in [0.15, 0.2) is 0 Å². The summed E-state index contributed by atoms with van der Waals surface area (Å²) in [7, 11) is 0. The molecule has 1 saturated heterocycles. The van der Waals surface area contributed by atoms with Crippen LogP contribution in [0.2, 0.25) is 0 Å². The number of benzene rings is 1. The van der Waals surface area contributed by atoms with Crippen LogP contribution < -0.4 is 16.4 Å². The summed E-state index contributed by atoms with van der Waals surface area (Å²) in [6.07, 6.45) is 2.38. The first-order valence-corrected chi connectivity index (χ1v) is 9.37. The van der Waals surface area contributed by atoms with Crippen LogP contribution in [0.15, 0.2) is 46.1 Å². The Morgan fingerprint density at radius 1 is 1.42 bits per heavy atom. The lowest BCUT2D eigenvalue weighted by Gasteiger charge is -2.09. The molecule has 24 heavy (non-hydrogen) atoms. The molecule has 1 aliphatic heterocycles. The molecular weight excluding hydrogens is 346 g/mol. The molecule has 2 rings (SSSR count). The Bertz CT molecular complexity index is 619. The fourth-order valence-corrected chi connectivity index (χ4v) is 3.18. The zero-order chi connectivity index (χ0) is 17.2. The number of carbonyl (C=O) groups excluding carboxylic acids is 2. The summed E-state index contributed by atoms with van der Waals surface area (Å²) in [4.78, 5) is 23.0. The van der Waals surface area contributed by atoms with Gasteiger partial charge in [-0.2, -0.15) is 10.2 Å². The molecule has 4 N–H and O–H groups in total. The summed E-state index contributed by atoms with van der Waals surface area (Å²) in [6, 6.07) is 6.80. The van der Waals surface area contributed by atoms with Gasteiger partial charge in [0, 0.05) is 17.6 Å². The Hall–Kier alpha value is -2.00. The number of nitrogens with one attached hydrogen (secondary N) is 2. The molecule has 1 aromatic carbocycles. The minimum absolute atomic E-state index is 0.0425. The number of anilines is 1. The van der Waals surface area contributed by atoms with Crippen molar-refractivity contribution in [2.75, 3.05) is 23.9 Å². The number of nitrogens with two attached hydrogens (primary N) is 1. The zero-order valence-corrected chi connectivity index (χ0v) is 14.6. The lowest BCUT2D eigenvalue weighted by Crippen LogP contribution is -2.41. The van der Waals surface area contributed by atoms with Crippen molar-refractivity contribution in [3.8, 4) is 0 Å². The van der Waals surface area contributed by atoms with E-state index in [0.717, 1.165) is 11.4 Å². The van der Waals surface area contributed by atoms with E-state index >= 15 is 0 Å². The largest absolute Gasteiger partial charge is 0.399 e. The molecule has 128 valence electrons. The van der Waals surface area contributed by atoms with Crippen LogP contribution in [0.4, 0.5) is 11.4 Å². The average Bonchev–Trinajstić information content (AvgIpc) is 2.96. The van der Waals surface area contributed by atoms with Crippen LogP contribution in [0.1, 0.15) is 6.42 Å². The van der Waals surface area contributed by atoms with Gasteiger partial charge < -0.3 is 16.4 Å². The van der Waals surface area contributed by atoms with E-state index in [1.807, 2.05) is 0 Å². The maximum Gasteiger partial charge on any atom is 0.239 e. The second kappa shape index (κ2) is 9.99. The standard InChI is InChI=1S/C15H19N5O2S2/c16-11-1-3-12(4-2-11)20-18-10-23-8-6-17-9-14(21)19-13-5-7-24-15(13)22/h1-4,6,8,13,17H,5,7,9-10,16H2,(H,19,21)/b8-6-,20-18+. The first kappa shape index (κ1) is 18.3. The quantitative estimate of drug-likeness (QED) is 0.370. The van der Waals surface area contributed by atoms with Crippen LogP contribution >= 0.6 is 23.5 Å². The molecule has 0 bridgehead atoms. The molecule has 0 aromatic heterocycles. The Morgan fingerprint density at radius 3 is 2.92 bits per heavy atom. The predicted molar refractivity (Wildman–Crippen MR) is 99.0 cm³/mol. The molecule has 0 saturated carbocycles. The minimum atomic E-state index is -0.337. The van der Waals surface area contributed by atoms with Crippen LogP contribution in [0.25, 0.3) is 0 Å². The zero-order valence-electron chi connectivity index (χ0n) is 13.0. The van der Waals surface area contributed by atoms with Gasteiger partial charge in [0.25, 0.3) is 0 Å². The van der Waals surface area contributed by atoms with Gasteiger partial charge in [-0.25, -0.2) is 0 Å². The molecule has 7 nitrogen and oxygen atoms in total. The van der Waals surface area contributed by atoms with Crippen LogP contribution in [0, 0.1) is 0 Å². The summed E-state index contributed by atoms with van der Waals surface area (Å²) >= 11 is 2.71. The van der Waals surface area contributed by atoms with Crippen molar-refractivity contribution in [3.05, 3.63) is 35.9 Å². The molecule has 1 amide bonds. The van der Waals surface area contributed by atoms with Gasteiger partial charge in [-0.15, -0.1) is 11.8 Å². The monoisotopic (exact) mass is 365 g/mol. The minimum Gasteiger partial charge on any atom is -0.399 e. The van der Waals surface area contributed by atoms with Crippen molar-refractivity contribution >= 4 is 45.9 Å². The smallest absolute Gasteiger partial charge is 0.239 e. The van der Waals surface area contributed by atoms with E-state index in [1.54, 1.807) is 35.9 Å². The molecule has 1 unspecified atom stereocenters. The first-order chi connectivity index (χ1) is 11.6. The fourth-order valence-electron chi connectivity index (χ4n) is 1.85.